The summed E-state index contributed by atoms with van der Waals surface area (Å²) >= 11 is 2.93. The second-order valence-electron chi connectivity index (χ2n) is 2.24. The third-order valence-corrected chi connectivity index (χ3v) is 1.69. The molecule has 0 unspecified atom stereocenters. The lowest BCUT2D eigenvalue weighted by Crippen LogP contribution is -1.97. The Labute approximate surface area is 78.0 Å². The number of ketones is 1. The number of halogens is 2. The fraction of sp³-hybridized carbons (Fsp3) is 0. The summed E-state index contributed by atoms with van der Waals surface area (Å²) in [6, 6.07) is 5.49. The molecule has 62 valence electrons. The summed E-state index contributed by atoms with van der Waals surface area (Å²) < 4.78 is 12.8. The van der Waals surface area contributed by atoms with Crippen LogP contribution in [0.2, 0.25) is 0 Å². The molecular formula is C9H6BrFO. The average molecular weight is 229 g/mol. The van der Waals surface area contributed by atoms with E-state index >= 15 is 0 Å². The highest BCUT2D eigenvalue weighted by Crippen LogP contribution is 2.12. The summed E-state index contributed by atoms with van der Waals surface area (Å²) in [4.78, 5) is 11.2. The predicted octanol–water partition coefficient (Wildman–Crippen LogP) is 2.92. The van der Waals surface area contributed by atoms with Crippen LogP contribution in [0.5, 0.6) is 0 Å². The monoisotopic (exact) mass is 228 g/mol. The average Bonchev–Trinajstić information content (AvgIpc) is 2.03. The molecular weight excluding hydrogens is 223 g/mol. The Morgan fingerprint density at radius 2 is 2.17 bits per heavy atom. The highest BCUT2D eigenvalue weighted by atomic mass is 79.9. The lowest BCUT2D eigenvalue weighted by Gasteiger charge is -1.97. The molecule has 0 radical (unpaired) electrons. The number of allylic oxidation sites excluding steroid dienone is 1. The fourth-order valence-electron chi connectivity index (χ4n) is 0.786. The van der Waals surface area contributed by atoms with E-state index < -0.39 is 5.82 Å². The van der Waals surface area contributed by atoms with Crippen molar-refractivity contribution in [3.8, 4) is 0 Å². The van der Waals surface area contributed by atoms with Crippen molar-refractivity contribution in [3.05, 3.63) is 46.7 Å². The first-order chi connectivity index (χ1) is 5.61. The SMILES string of the molecule is C=C(Br)C(=O)c1cccc(F)c1. The Hall–Kier alpha value is -0.960. The molecule has 0 aliphatic rings. The zero-order valence-corrected chi connectivity index (χ0v) is 7.77. The predicted molar refractivity (Wildman–Crippen MR) is 48.8 cm³/mol. The van der Waals surface area contributed by atoms with Crippen molar-refractivity contribution in [3.63, 3.8) is 0 Å². The van der Waals surface area contributed by atoms with Gasteiger partial charge in [0.25, 0.3) is 0 Å². The Balaban J connectivity index is 3.04. The van der Waals surface area contributed by atoms with Crippen LogP contribution in [0.1, 0.15) is 10.4 Å². The largest absolute Gasteiger partial charge is 0.288 e. The van der Waals surface area contributed by atoms with Gasteiger partial charge in [-0.2, -0.15) is 0 Å². The number of carbonyl (C=O) groups excluding carboxylic acids is 1. The van der Waals surface area contributed by atoms with E-state index in [2.05, 4.69) is 22.5 Å². The quantitative estimate of drug-likeness (QED) is 0.562. The molecule has 0 N–H and O–H groups in total. The number of hydrogen-bond donors (Lipinski definition) is 0. The smallest absolute Gasteiger partial charge is 0.199 e. The molecule has 0 aliphatic carbocycles. The first-order valence-electron chi connectivity index (χ1n) is 3.26. The maximum Gasteiger partial charge on any atom is 0.199 e. The van der Waals surface area contributed by atoms with Crippen molar-refractivity contribution in [2.45, 2.75) is 0 Å². The molecule has 12 heavy (non-hydrogen) atoms. The van der Waals surface area contributed by atoms with E-state index in [4.69, 9.17) is 0 Å². The summed E-state index contributed by atoms with van der Waals surface area (Å²) in [7, 11) is 0. The lowest BCUT2D eigenvalue weighted by molar-refractivity contribution is 0.104. The molecule has 0 atom stereocenters. The van der Waals surface area contributed by atoms with Gasteiger partial charge in [-0.3, -0.25) is 4.79 Å². The van der Waals surface area contributed by atoms with Gasteiger partial charge in [-0.25, -0.2) is 4.39 Å². The van der Waals surface area contributed by atoms with Crippen molar-refractivity contribution in [2.24, 2.45) is 0 Å². The van der Waals surface area contributed by atoms with Crippen molar-refractivity contribution < 1.29 is 9.18 Å². The molecule has 3 heteroatoms. The van der Waals surface area contributed by atoms with Crippen molar-refractivity contribution >= 4 is 21.7 Å². The Bertz CT molecular complexity index is 333. The van der Waals surface area contributed by atoms with Crippen LogP contribution in [-0.4, -0.2) is 5.78 Å². The Morgan fingerprint density at radius 3 is 2.67 bits per heavy atom. The third-order valence-electron chi connectivity index (χ3n) is 1.33. The second kappa shape index (κ2) is 3.63. The van der Waals surface area contributed by atoms with Crippen LogP contribution >= 0.6 is 15.9 Å². The molecule has 1 aromatic carbocycles. The molecule has 0 heterocycles. The lowest BCUT2D eigenvalue weighted by atomic mass is 10.1. The van der Waals surface area contributed by atoms with Gasteiger partial charge in [0.05, 0.1) is 4.48 Å². The molecule has 0 spiro atoms. The fourth-order valence-corrected chi connectivity index (χ4v) is 1.02. The minimum atomic E-state index is -0.422. The first-order valence-corrected chi connectivity index (χ1v) is 4.05. The van der Waals surface area contributed by atoms with Crippen LogP contribution in [0.3, 0.4) is 0 Å². The molecule has 0 saturated carbocycles. The van der Waals surface area contributed by atoms with Gasteiger partial charge in [0.2, 0.25) is 0 Å². The molecule has 0 amide bonds. The van der Waals surface area contributed by atoms with E-state index in [0.29, 0.717) is 5.56 Å². The molecule has 0 aliphatic heterocycles. The van der Waals surface area contributed by atoms with E-state index in [1.165, 1.54) is 24.3 Å². The number of hydrogen-bond acceptors (Lipinski definition) is 1. The summed E-state index contributed by atoms with van der Waals surface area (Å²) in [5, 5.41) is 0. The number of rotatable bonds is 2. The molecule has 0 fully saturated rings. The van der Waals surface area contributed by atoms with Crippen LogP contribution in [0.25, 0.3) is 0 Å². The van der Waals surface area contributed by atoms with Crippen LogP contribution < -0.4 is 0 Å². The summed E-state index contributed by atoms with van der Waals surface area (Å²) in [5.74, 6) is -0.718. The molecule has 0 aromatic heterocycles. The first kappa shape index (κ1) is 9.13. The van der Waals surface area contributed by atoms with Crippen LogP contribution in [0.4, 0.5) is 4.39 Å². The minimum absolute atomic E-state index is 0.230. The van der Waals surface area contributed by atoms with E-state index in [1.54, 1.807) is 0 Å². The van der Waals surface area contributed by atoms with Crippen LogP contribution in [-0.2, 0) is 0 Å². The highest BCUT2D eigenvalue weighted by molar-refractivity contribution is 9.12. The third kappa shape index (κ3) is 2.01. The maximum atomic E-state index is 12.6. The van der Waals surface area contributed by atoms with Crippen molar-refractivity contribution in [1.29, 1.82) is 0 Å². The van der Waals surface area contributed by atoms with Gasteiger partial charge in [0.15, 0.2) is 5.78 Å². The summed E-state index contributed by atoms with van der Waals surface area (Å²) in [6.45, 7) is 3.41. The zero-order valence-electron chi connectivity index (χ0n) is 6.18. The molecule has 0 bridgehead atoms. The molecule has 1 nitrogen and oxygen atoms in total. The van der Waals surface area contributed by atoms with Gasteiger partial charge in [-0.15, -0.1) is 0 Å². The second-order valence-corrected chi connectivity index (χ2v) is 3.20. The summed E-state index contributed by atoms with van der Waals surface area (Å²) in [5.41, 5.74) is 0.303. The maximum absolute atomic E-state index is 12.6. The van der Waals surface area contributed by atoms with Gasteiger partial charge in [-0.1, -0.05) is 18.7 Å². The van der Waals surface area contributed by atoms with E-state index in [-0.39, 0.29) is 10.3 Å². The van der Waals surface area contributed by atoms with Gasteiger partial charge in [0.1, 0.15) is 5.82 Å². The highest BCUT2D eigenvalue weighted by Gasteiger charge is 2.07. The van der Waals surface area contributed by atoms with Gasteiger partial charge in [-0.05, 0) is 28.1 Å². The van der Waals surface area contributed by atoms with E-state index in [0.717, 1.165) is 0 Å². The topological polar surface area (TPSA) is 17.1 Å². The van der Waals surface area contributed by atoms with E-state index in [1.807, 2.05) is 0 Å². The van der Waals surface area contributed by atoms with Gasteiger partial charge in [0, 0.05) is 5.56 Å². The van der Waals surface area contributed by atoms with Crippen LogP contribution in [0.15, 0.2) is 35.3 Å². The number of benzene rings is 1. The normalized spacial score (nSPS) is 9.50. The number of Topliss-reactive ketones (excluding diaryl/α,β-unsaturated/α-hetero) is 1. The molecule has 1 rings (SSSR count). The van der Waals surface area contributed by atoms with Gasteiger partial charge < -0.3 is 0 Å². The van der Waals surface area contributed by atoms with Crippen molar-refractivity contribution in [2.75, 3.05) is 0 Å². The number of carbonyl (C=O) groups is 1. The van der Waals surface area contributed by atoms with Gasteiger partial charge >= 0.3 is 0 Å². The summed E-state index contributed by atoms with van der Waals surface area (Å²) in [6.07, 6.45) is 0. The molecule has 0 saturated heterocycles. The Kier molecular flexibility index (Phi) is 2.76. The Morgan fingerprint density at radius 1 is 1.50 bits per heavy atom. The zero-order chi connectivity index (χ0) is 9.14. The van der Waals surface area contributed by atoms with Crippen molar-refractivity contribution in [1.82, 2.24) is 0 Å². The standard InChI is InChI=1S/C9H6BrFO/c1-6(10)9(12)7-3-2-4-8(11)5-7/h2-5H,1H2. The van der Waals surface area contributed by atoms with E-state index in [9.17, 15) is 9.18 Å². The molecule has 1 aromatic rings. The minimum Gasteiger partial charge on any atom is -0.288 e. The van der Waals surface area contributed by atoms with Crippen LogP contribution in [0, 0.1) is 5.82 Å².